The van der Waals surface area contributed by atoms with Crippen LogP contribution in [0.15, 0.2) is 18.2 Å². The van der Waals surface area contributed by atoms with Crippen LogP contribution in [0.25, 0.3) is 0 Å². The fraction of sp³-hybridized carbons (Fsp3) is 0.500. The molecule has 1 fully saturated rings. The van der Waals surface area contributed by atoms with E-state index in [1.54, 1.807) is 6.07 Å². The van der Waals surface area contributed by atoms with Crippen molar-refractivity contribution in [2.75, 3.05) is 11.9 Å². The molecule has 2 unspecified atom stereocenters. The Hall–Kier alpha value is -1.60. The molecule has 0 spiro atoms. The van der Waals surface area contributed by atoms with Crippen LogP contribution in [0.4, 0.5) is 5.82 Å². The van der Waals surface area contributed by atoms with Gasteiger partial charge in [0.1, 0.15) is 17.6 Å². The Balaban J connectivity index is 2.05. The van der Waals surface area contributed by atoms with Crippen molar-refractivity contribution in [2.24, 2.45) is 0 Å². The summed E-state index contributed by atoms with van der Waals surface area (Å²) in [6, 6.07) is 8.37. The van der Waals surface area contributed by atoms with Gasteiger partial charge in [-0.1, -0.05) is 6.07 Å². The van der Waals surface area contributed by atoms with E-state index in [9.17, 15) is 0 Å². The molecule has 1 aromatic rings. The van der Waals surface area contributed by atoms with E-state index in [-0.39, 0.29) is 0 Å². The SMILES string of the molecule is CC1NCCCC1Nc1cccc(C#N)n1. The topological polar surface area (TPSA) is 60.7 Å². The van der Waals surface area contributed by atoms with Crippen molar-refractivity contribution in [1.29, 1.82) is 5.26 Å². The van der Waals surface area contributed by atoms with Crippen molar-refractivity contribution >= 4 is 5.82 Å². The lowest BCUT2D eigenvalue weighted by molar-refractivity contribution is 0.389. The zero-order valence-corrected chi connectivity index (χ0v) is 9.40. The monoisotopic (exact) mass is 216 g/mol. The molecule has 1 aliphatic rings. The van der Waals surface area contributed by atoms with E-state index in [1.807, 2.05) is 18.2 Å². The molecular formula is C12H16N4. The van der Waals surface area contributed by atoms with Crippen molar-refractivity contribution in [1.82, 2.24) is 10.3 Å². The average Bonchev–Trinajstić information content (AvgIpc) is 2.32. The zero-order valence-electron chi connectivity index (χ0n) is 9.40. The second-order valence-corrected chi connectivity index (χ2v) is 4.16. The summed E-state index contributed by atoms with van der Waals surface area (Å²) in [6.07, 6.45) is 2.33. The molecule has 0 aromatic carbocycles. The van der Waals surface area contributed by atoms with Gasteiger partial charge >= 0.3 is 0 Å². The van der Waals surface area contributed by atoms with E-state index < -0.39 is 0 Å². The van der Waals surface area contributed by atoms with E-state index in [0.29, 0.717) is 17.8 Å². The van der Waals surface area contributed by atoms with E-state index in [0.717, 1.165) is 18.8 Å². The van der Waals surface area contributed by atoms with Gasteiger partial charge < -0.3 is 10.6 Å². The second kappa shape index (κ2) is 4.95. The van der Waals surface area contributed by atoms with E-state index in [2.05, 4.69) is 22.5 Å². The molecule has 1 aromatic heterocycles. The van der Waals surface area contributed by atoms with Crippen molar-refractivity contribution in [3.05, 3.63) is 23.9 Å². The van der Waals surface area contributed by atoms with Gasteiger partial charge in [0, 0.05) is 12.1 Å². The highest BCUT2D eigenvalue weighted by Crippen LogP contribution is 2.14. The summed E-state index contributed by atoms with van der Waals surface area (Å²) in [5, 5.41) is 15.6. The number of anilines is 1. The van der Waals surface area contributed by atoms with Crippen LogP contribution in [-0.2, 0) is 0 Å². The molecule has 4 heteroatoms. The smallest absolute Gasteiger partial charge is 0.142 e. The van der Waals surface area contributed by atoms with Gasteiger partial charge in [-0.25, -0.2) is 4.98 Å². The van der Waals surface area contributed by atoms with Gasteiger partial charge in [0.15, 0.2) is 0 Å². The predicted octanol–water partition coefficient (Wildman–Crippen LogP) is 1.51. The minimum absolute atomic E-state index is 0.398. The molecule has 2 rings (SSSR count). The molecule has 0 bridgehead atoms. The highest BCUT2D eigenvalue weighted by atomic mass is 15.1. The Labute approximate surface area is 95.7 Å². The molecule has 2 atom stereocenters. The Bertz CT molecular complexity index is 396. The zero-order chi connectivity index (χ0) is 11.4. The number of hydrogen-bond donors (Lipinski definition) is 2. The molecular weight excluding hydrogens is 200 g/mol. The normalized spacial score (nSPS) is 24.8. The van der Waals surface area contributed by atoms with E-state index >= 15 is 0 Å². The third kappa shape index (κ3) is 2.50. The molecule has 4 nitrogen and oxygen atoms in total. The van der Waals surface area contributed by atoms with Crippen LogP contribution >= 0.6 is 0 Å². The van der Waals surface area contributed by atoms with Gasteiger partial charge in [0.25, 0.3) is 0 Å². The summed E-state index contributed by atoms with van der Waals surface area (Å²) >= 11 is 0. The number of nitrogens with zero attached hydrogens (tertiary/aromatic N) is 2. The fourth-order valence-electron chi connectivity index (χ4n) is 2.01. The van der Waals surface area contributed by atoms with Gasteiger partial charge in [-0.15, -0.1) is 0 Å². The Kier molecular flexibility index (Phi) is 3.37. The first kappa shape index (κ1) is 10.9. The van der Waals surface area contributed by atoms with Crippen LogP contribution in [0.1, 0.15) is 25.5 Å². The number of hydrogen-bond acceptors (Lipinski definition) is 4. The van der Waals surface area contributed by atoms with Gasteiger partial charge in [-0.3, -0.25) is 0 Å². The van der Waals surface area contributed by atoms with Crippen LogP contribution < -0.4 is 10.6 Å². The van der Waals surface area contributed by atoms with Gasteiger partial charge in [-0.05, 0) is 38.4 Å². The third-order valence-electron chi connectivity index (χ3n) is 2.96. The summed E-state index contributed by atoms with van der Waals surface area (Å²) in [5.74, 6) is 0.791. The molecule has 2 heterocycles. The molecule has 1 aliphatic heterocycles. The van der Waals surface area contributed by atoms with Crippen LogP contribution in [0, 0.1) is 11.3 Å². The van der Waals surface area contributed by atoms with E-state index in [1.165, 1.54) is 6.42 Å². The lowest BCUT2D eigenvalue weighted by atomic mass is 10.00. The largest absolute Gasteiger partial charge is 0.366 e. The first-order valence-electron chi connectivity index (χ1n) is 5.66. The average molecular weight is 216 g/mol. The lowest BCUT2D eigenvalue weighted by Crippen LogP contribution is -2.46. The van der Waals surface area contributed by atoms with Crippen molar-refractivity contribution in [3.63, 3.8) is 0 Å². The predicted molar refractivity (Wildman–Crippen MR) is 63.1 cm³/mol. The first-order chi connectivity index (χ1) is 7.79. The number of aromatic nitrogens is 1. The maximum absolute atomic E-state index is 8.77. The summed E-state index contributed by atoms with van der Waals surface area (Å²) in [5.41, 5.74) is 0.460. The van der Waals surface area contributed by atoms with Crippen LogP contribution in [-0.4, -0.2) is 23.6 Å². The summed E-state index contributed by atoms with van der Waals surface area (Å²) in [4.78, 5) is 4.22. The van der Waals surface area contributed by atoms with E-state index in [4.69, 9.17) is 5.26 Å². The van der Waals surface area contributed by atoms with Crippen LogP contribution in [0.3, 0.4) is 0 Å². The maximum Gasteiger partial charge on any atom is 0.142 e. The summed E-state index contributed by atoms with van der Waals surface area (Å²) < 4.78 is 0. The van der Waals surface area contributed by atoms with Gasteiger partial charge in [0.05, 0.1) is 0 Å². The Morgan fingerprint density at radius 2 is 2.44 bits per heavy atom. The molecule has 0 aliphatic carbocycles. The molecule has 0 radical (unpaired) electrons. The molecule has 84 valence electrons. The highest BCUT2D eigenvalue weighted by Gasteiger charge is 2.20. The van der Waals surface area contributed by atoms with Crippen LogP contribution in [0.2, 0.25) is 0 Å². The molecule has 16 heavy (non-hydrogen) atoms. The van der Waals surface area contributed by atoms with Crippen LogP contribution in [0.5, 0.6) is 0 Å². The third-order valence-corrected chi connectivity index (χ3v) is 2.96. The van der Waals surface area contributed by atoms with Crippen molar-refractivity contribution in [3.8, 4) is 6.07 Å². The number of nitrogens with one attached hydrogen (secondary N) is 2. The highest BCUT2D eigenvalue weighted by molar-refractivity contribution is 5.39. The minimum atomic E-state index is 0.398. The fourth-order valence-corrected chi connectivity index (χ4v) is 2.01. The van der Waals surface area contributed by atoms with Gasteiger partial charge in [-0.2, -0.15) is 5.26 Å². The summed E-state index contributed by atoms with van der Waals surface area (Å²) in [6.45, 7) is 3.26. The standard InChI is InChI=1S/C12H16N4/c1-9-11(5-3-7-14-9)16-12-6-2-4-10(8-13)15-12/h2,4,6,9,11,14H,3,5,7H2,1H3,(H,15,16). The molecule has 1 saturated heterocycles. The molecule has 0 amide bonds. The Morgan fingerprint density at radius 3 is 3.19 bits per heavy atom. The first-order valence-corrected chi connectivity index (χ1v) is 5.66. The minimum Gasteiger partial charge on any atom is -0.366 e. The quantitative estimate of drug-likeness (QED) is 0.786. The van der Waals surface area contributed by atoms with Crippen molar-refractivity contribution < 1.29 is 0 Å². The van der Waals surface area contributed by atoms with Gasteiger partial charge in [0.2, 0.25) is 0 Å². The second-order valence-electron chi connectivity index (χ2n) is 4.16. The number of piperidine rings is 1. The number of nitriles is 1. The lowest BCUT2D eigenvalue weighted by Gasteiger charge is -2.31. The summed E-state index contributed by atoms with van der Waals surface area (Å²) in [7, 11) is 0. The number of rotatable bonds is 2. The number of pyridine rings is 1. The maximum atomic E-state index is 8.77. The Morgan fingerprint density at radius 1 is 1.56 bits per heavy atom. The van der Waals surface area contributed by atoms with Crippen molar-refractivity contribution in [2.45, 2.75) is 31.8 Å². The molecule has 2 N–H and O–H groups in total. The molecule has 0 saturated carbocycles.